The second-order valence-electron chi connectivity index (χ2n) is 6.63. The topological polar surface area (TPSA) is 64.3 Å². The lowest BCUT2D eigenvalue weighted by Gasteiger charge is -2.39. The van der Waals surface area contributed by atoms with Crippen molar-refractivity contribution in [2.75, 3.05) is 24.6 Å². The van der Waals surface area contributed by atoms with E-state index in [1.807, 2.05) is 32.5 Å². The number of amides is 1. The van der Waals surface area contributed by atoms with Gasteiger partial charge in [0.1, 0.15) is 5.60 Å². The first-order chi connectivity index (χ1) is 8.77. The van der Waals surface area contributed by atoms with Crippen LogP contribution in [0.3, 0.4) is 0 Å². The van der Waals surface area contributed by atoms with E-state index >= 15 is 0 Å². The molecule has 2 unspecified atom stereocenters. The summed E-state index contributed by atoms with van der Waals surface area (Å²) in [7, 11) is 0. The van der Waals surface area contributed by atoms with Crippen molar-refractivity contribution in [3.8, 4) is 0 Å². The molecule has 0 spiro atoms. The first-order valence-corrected chi connectivity index (χ1v) is 8.17. The number of nitrogens with one attached hydrogen (secondary N) is 1. The Morgan fingerprint density at radius 2 is 2.11 bits per heavy atom. The minimum absolute atomic E-state index is 0.0374. The van der Waals surface area contributed by atoms with Gasteiger partial charge in [-0.05, 0) is 57.6 Å². The summed E-state index contributed by atoms with van der Waals surface area (Å²) >= 11 is 1.99. The van der Waals surface area contributed by atoms with E-state index in [1.165, 1.54) is 18.6 Å². The first kappa shape index (κ1) is 16.6. The highest BCUT2D eigenvalue weighted by Crippen LogP contribution is 2.36. The molecular weight excluding hydrogens is 260 g/mol. The van der Waals surface area contributed by atoms with Crippen molar-refractivity contribution < 1.29 is 9.53 Å². The molecule has 0 bridgehead atoms. The Hall–Kier alpha value is -0.420. The summed E-state index contributed by atoms with van der Waals surface area (Å²) in [4.78, 5) is 11.7. The number of carbonyl (C=O) groups excluding carboxylic acids is 1. The molecule has 1 aliphatic heterocycles. The maximum absolute atomic E-state index is 11.7. The third-order valence-electron chi connectivity index (χ3n) is 3.65. The van der Waals surface area contributed by atoms with Crippen molar-refractivity contribution in [1.29, 1.82) is 0 Å². The standard InChI is InChI=1S/C14H28N2O2S/c1-13(2,3)18-12(17)16-10-14(4,9-15)11-6-5-7-19-8-11/h11H,5-10,15H2,1-4H3,(H,16,17). The summed E-state index contributed by atoms with van der Waals surface area (Å²) in [6.07, 6.45) is 2.10. The van der Waals surface area contributed by atoms with E-state index in [1.54, 1.807) is 0 Å². The molecule has 1 fully saturated rings. The fraction of sp³-hybridized carbons (Fsp3) is 0.929. The van der Waals surface area contributed by atoms with Crippen LogP contribution in [0.2, 0.25) is 0 Å². The van der Waals surface area contributed by atoms with E-state index in [-0.39, 0.29) is 11.5 Å². The number of ether oxygens (including phenoxy) is 1. The summed E-state index contributed by atoms with van der Waals surface area (Å²) < 4.78 is 5.27. The van der Waals surface area contributed by atoms with Gasteiger partial charge in [0.15, 0.2) is 0 Å². The Morgan fingerprint density at radius 3 is 2.58 bits per heavy atom. The number of thioether (sulfide) groups is 1. The Bertz CT molecular complexity index is 298. The van der Waals surface area contributed by atoms with Crippen LogP contribution in [0.25, 0.3) is 0 Å². The smallest absolute Gasteiger partial charge is 0.407 e. The zero-order valence-electron chi connectivity index (χ0n) is 12.6. The molecule has 0 saturated carbocycles. The second-order valence-corrected chi connectivity index (χ2v) is 7.78. The Morgan fingerprint density at radius 1 is 1.42 bits per heavy atom. The molecule has 112 valence electrons. The van der Waals surface area contributed by atoms with Crippen LogP contribution in [0.15, 0.2) is 0 Å². The molecule has 0 aromatic rings. The number of nitrogens with two attached hydrogens (primary N) is 1. The lowest BCUT2D eigenvalue weighted by atomic mass is 9.75. The molecule has 19 heavy (non-hydrogen) atoms. The molecule has 1 rings (SSSR count). The SMILES string of the molecule is CC(C)(C)OC(=O)NCC(C)(CN)C1CCCSC1. The van der Waals surface area contributed by atoms with E-state index in [4.69, 9.17) is 10.5 Å². The molecule has 0 radical (unpaired) electrons. The molecule has 3 N–H and O–H groups in total. The Balaban J connectivity index is 2.48. The van der Waals surface area contributed by atoms with Crippen LogP contribution < -0.4 is 11.1 Å². The van der Waals surface area contributed by atoms with Crippen LogP contribution in [0.5, 0.6) is 0 Å². The average Bonchev–Trinajstić information content (AvgIpc) is 2.35. The van der Waals surface area contributed by atoms with Crippen LogP contribution in [0, 0.1) is 11.3 Å². The molecule has 0 aliphatic carbocycles. The van der Waals surface area contributed by atoms with E-state index in [9.17, 15) is 4.79 Å². The summed E-state index contributed by atoms with van der Waals surface area (Å²) in [5.41, 5.74) is 5.46. The van der Waals surface area contributed by atoms with Gasteiger partial charge in [-0.25, -0.2) is 4.79 Å². The third kappa shape index (κ3) is 5.61. The van der Waals surface area contributed by atoms with Crippen LogP contribution in [-0.2, 0) is 4.74 Å². The predicted octanol–water partition coefficient (Wildman–Crippen LogP) is 2.62. The Kier molecular flexibility index (Phi) is 5.99. The number of alkyl carbamates (subject to hydrolysis) is 1. The number of hydrogen-bond acceptors (Lipinski definition) is 4. The summed E-state index contributed by atoms with van der Waals surface area (Å²) in [6, 6.07) is 0. The minimum atomic E-state index is -0.454. The van der Waals surface area contributed by atoms with Crippen LogP contribution in [0.4, 0.5) is 4.79 Å². The van der Waals surface area contributed by atoms with Gasteiger partial charge in [0.2, 0.25) is 0 Å². The fourth-order valence-electron chi connectivity index (χ4n) is 2.26. The summed E-state index contributed by atoms with van der Waals surface area (Å²) in [5.74, 6) is 2.96. The molecule has 1 amide bonds. The molecule has 1 aliphatic rings. The fourth-order valence-corrected chi connectivity index (χ4v) is 3.65. The van der Waals surface area contributed by atoms with Gasteiger partial charge in [-0.3, -0.25) is 0 Å². The maximum Gasteiger partial charge on any atom is 0.407 e. The van der Waals surface area contributed by atoms with Crippen molar-refractivity contribution in [2.45, 2.75) is 46.1 Å². The highest BCUT2D eigenvalue weighted by atomic mass is 32.2. The maximum atomic E-state index is 11.7. The second kappa shape index (κ2) is 6.84. The van der Waals surface area contributed by atoms with Crippen LogP contribution in [-0.4, -0.2) is 36.3 Å². The van der Waals surface area contributed by atoms with Gasteiger partial charge < -0.3 is 15.8 Å². The van der Waals surface area contributed by atoms with Crippen molar-refractivity contribution in [2.24, 2.45) is 17.1 Å². The molecule has 1 saturated heterocycles. The van der Waals surface area contributed by atoms with Gasteiger partial charge >= 0.3 is 6.09 Å². The quantitative estimate of drug-likeness (QED) is 0.834. The largest absolute Gasteiger partial charge is 0.444 e. The van der Waals surface area contributed by atoms with E-state index in [0.717, 1.165) is 5.75 Å². The van der Waals surface area contributed by atoms with Crippen molar-refractivity contribution in [3.05, 3.63) is 0 Å². The lowest BCUT2D eigenvalue weighted by Crippen LogP contribution is -2.47. The molecular formula is C14H28N2O2S. The summed E-state index contributed by atoms with van der Waals surface area (Å²) in [6.45, 7) is 8.95. The van der Waals surface area contributed by atoms with E-state index in [0.29, 0.717) is 19.0 Å². The summed E-state index contributed by atoms with van der Waals surface area (Å²) in [5, 5.41) is 2.88. The molecule has 2 atom stereocenters. The third-order valence-corrected chi connectivity index (χ3v) is 4.86. The molecule has 0 aromatic heterocycles. The zero-order valence-corrected chi connectivity index (χ0v) is 13.4. The van der Waals surface area contributed by atoms with Crippen molar-refractivity contribution in [1.82, 2.24) is 5.32 Å². The highest BCUT2D eigenvalue weighted by molar-refractivity contribution is 7.99. The van der Waals surface area contributed by atoms with E-state index in [2.05, 4.69) is 12.2 Å². The average molecular weight is 288 g/mol. The first-order valence-electron chi connectivity index (χ1n) is 7.01. The van der Waals surface area contributed by atoms with E-state index < -0.39 is 5.60 Å². The van der Waals surface area contributed by atoms with Crippen LogP contribution in [0.1, 0.15) is 40.5 Å². The highest BCUT2D eigenvalue weighted by Gasteiger charge is 2.34. The molecule has 5 heteroatoms. The van der Waals surface area contributed by atoms with Gasteiger partial charge in [-0.15, -0.1) is 0 Å². The van der Waals surface area contributed by atoms with Crippen LogP contribution >= 0.6 is 11.8 Å². The van der Waals surface area contributed by atoms with Gasteiger partial charge in [-0.1, -0.05) is 6.92 Å². The Labute approximate surface area is 121 Å². The normalized spacial score (nSPS) is 23.5. The van der Waals surface area contributed by atoms with Crippen molar-refractivity contribution in [3.63, 3.8) is 0 Å². The predicted molar refractivity (Wildman–Crippen MR) is 81.4 cm³/mol. The molecule has 0 aromatic carbocycles. The van der Waals surface area contributed by atoms with Gasteiger partial charge in [-0.2, -0.15) is 11.8 Å². The number of carbonyl (C=O) groups is 1. The minimum Gasteiger partial charge on any atom is -0.444 e. The number of rotatable bonds is 4. The zero-order chi connectivity index (χ0) is 14.5. The van der Waals surface area contributed by atoms with Gasteiger partial charge in [0.05, 0.1) is 0 Å². The van der Waals surface area contributed by atoms with Gasteiger partial charge in [0.25, 0.3) is 0 Å². The molecule has 4 nitrogen and oxygen atoms in total. The monoisotopic (exact) mass is 288 g/mol. The van der Waals surface area contributed by atoms with Crippen molar-refractivity contribution >= 4 is 17.9 Å². The van der Waals surface area contributed by atoms with Gasteiger partial charge in [0, 0.05) is 12.0 Å². The number of hydrogen-bond donors (Lipinski definition) is 2. The lowest BCUT2D eigenvalue weighted by molar-refractivity contribution is 0.0486. The molecule has 1 heterocycles.